The molecule has 0 aromatic heterocycles. The number of benzene rings is 2. The molecule has 2 saturated heterocycles. The normalized spacial score (nSPS) is 19.6. The first-order valence-electron chi connectivity index (χ1n) is 13.6. The summed E-state index contributed by atoms with van der Waals surface area (Å²) >= 11 is 6.49. The highest BCUT2D eigenvalue weighted by Crippen LogP contribution is 2.33. The van der Waals surface area contributed by atoms with Gasteiger partial charge in [-0.05, 0) is 88.9 Å². The fourth-order valence-electron chi connectivity index (χ4n) is 4.95. The third-order valence-electron chi connectivity index (χ3n) is 6.82. The van der Waals surface area contributed by atoms with Crippen LogP contribution in [-0.2, 0) is 9.53 Å². The molecule has 0 radical (unpaired) electrons. The van der Waals surface area contributed by atoms with Crippen molar-refractivity contribution in [2.75, 3.05) is 29.9 Å². The Morgan fingerprint density at radius 2 is 1.73 bits per heavy atom. The molecule has 0 saturated carbocycles. The lowest BCUT2D eigenvalue weighted by molar-refractivity contribution is -0.274. The molecule has 2 atom stereocenters. The summed E-state index contributed by atoms with van der Waals surface area (Å²) in [5.74, 6) is -0.0865. The van der Waals surface area contributed by atoms with E-state index in [0.717, 1.165) is 18.5 Å². The standard InChI is InChI=1S/C29H35ClF3N3O5/c1-18-15-20(9-11-24(18)40-29(31,32)33)35-14-12-21(17-35)39-25-10-8-19(16-22(25)30)34-26(37)23-7-5-6-13-36(23)27(38)41-28(2,3)4/h8-11,15-16,21,23H,5-7,12-14,17H2,1-4H3,(H,34,37)/t21-,23?/m0/s1. The zero-order valence-electron chi connectivity index (χ0n) is 23.5. The van der Waals surface area contributed by atoms with Crippen molar-refractivity contribution in [2.24, 2.45) is 0 Å². The monoisotopic (exact) mass is 597 g/mol. The lowest BCUT2D eigenvalue weighted by Gasteiger charge is -2.35. The second-order valence-electron chi connectivity index (χ2n) is 11.3. The molecule has 2 aromatic rings. The van der Waals surface area contributed by atoms with E-state index in [0.29, 0.717) is 54.5 Å². The van der Waals surface area contributed by atoms with Gasteiger partial charge in [0, 0.05) is 30.9 Å². The largest absolute Gasteiger partial charge is 0.573 e. The second-order valence-corrected chi connectivity index (χ2v) is 11.7. The summed E-state index contributed by atoms with van der Waals surface area (Å²) < 4.78 is 53.4. The Labute approximate surface area is 242 Å². The van der Waals surface area contributed by atoms with Gasteiger partial charge in [-0.2, -0.15) is 0 Å². The number of carbonyl (C=O) groups is 2. The van der Waals surface area contributed by atoms with E-state index >= 15 is 0 Å². The molecule has 2 fully saturated rings. The molecule has 224 valence electrons. The maximum Gasteiger partial charge on any atom is 0.573 e. The molecular weight excluding hydrogens is 563 g/mol. The number of aryl methyl sites for hydroxylation is 1. The van der Waals surface area contributed by atoms with Gasteiger partial charge in [-0.25, -0.2) is 4.79 Å². The highest BCUT2D eigenvalue weighted by atomic mass is 35.5. The van der Waals surface area contributed by atoms with Gasteiger partial charge in [-0.15, -0.1) is 13.2 Å². The van der Waals surface area contributed by atoms with Crippen molar-refractivity contribution in [2.45, 2.75) is 77.5 Å². The number of ether oxygens (including phenoxy) is 3. The summed E-state index contributed by atoms with van der Waals surface area (Å²) in [4.78, 5) is 29.3. The quantitative estimate of drug-likeness (QED) is 0.389. The molecule has 2 aliphatic rings. The minimum Gasteiger partial charge on any atom is -0.487 e. The average molecular weight is 598 g/mol. The Balaban J connectivity index is 1.34. The van der Waals surface area contributed by atoms with E-state index in [-0.39, 0.29) is 17.8 Å². The van der Waals surface area contributed by atoms with Crippen LogP contribution in [0.3, 0.4) is 0 Å². The number of likely N-dealkylation sites (tertiary alicyclic amines) is 1. The first kappa shape index (κ1) is 30.6. The van der Waals surface area contributed by atoms with E-state index in [1.807, 2.05) is 4.90 Å². The molecule has 1 unspecified atom stereocenters. The topological polar surface area (TPSA) is 80.3 Å². The smallest absolute Gasteiger partial charge is 0.487 e. The minimum absolute atomic E-state index is 0.191. The third-order valence-corrected chi connectivity index (χ3v) is 7.12. The number of anilines is 2. The lowest BCUT2D eigenvalue weighted by Crippen LogP contribution is -2.51. The van der Waals surface area contributed by atoms with Crippen LogP contribution in [0.25, 0.3) is 0 Å². The van der Waals surface area contributed by atoms with Crippen LogP contribution in [0.4, 0.5) is 29.3 Å². The molecule has 2 heterocycles. The predicted molar refractivity (Wildman–Crippen MR) is 150 cm³/mol. The molecular formula is C29H35ClF3N3O5. The van der Waals surface area contributed by atoms with Gasteiger partial charge < -0.3 is 24.4 Å². The van der Waals surface area contributed by atoms with Crippen LogP contribution in [0.1, 0.15) is 52.0 Å². The number of amides is 2. The van der Waals surface area contributed by atoms with E-state index in [1.54, 1.807) is 58.0 Å². The third kappa shape index (κ3) is 8.34. The summed E-state index contributed by atoms with van der Waals surface area (Å²) in [7, 11) is 0. The van der Waals surface area contributed by atoms with Crippen molar-refractivity contribution in [1.82, 2.24) is 4.90 Å². The van der Waals surface area contributed by atoms with Gasteiger partial charge in [0.1, 0.15) is 29.2 Å². The van der Waals surface area contributed by atoms with Gasteiger partial charge in [0.2, 0.25) is 5.91 Å². The number of halogens is 4. The lowest BCUT2D eigenvalue weighted by atomic mass is 10.0. The van der Waals surface area contributed by atoms with Crippen molar-refractivity contribution in [3.8, 4) is 11.5 Å². The first-order chi connectivity index (χ1) is 19.2. The second kappa shape index (κ2) is 12.3. The number of hydrogen-bond donors (Lipinski definition) is 1. The molecule has 12 heteroatoms. The van der Waals surface area contributed by atoms with E-state index < -0.39 is 24.1 Å². The summed E-state index contributed by atoms with van der Waals surface area (Å²) in [5, 5.41) is 3.17. The van der Waals surface area contributed by atoms with E-state index in [9.17, 15) is 22.8 Å². The summed E-state index contributed by atoms with van der Waals surface area (Å²) in [6, 6.07) is 8.90. The summed E-state index contributed by atoms with van der Waals surface area (Å²) in [6.07, 6.45) is -2.58. The number of carbonyl (C=O) groups excluding carboxylic acids is 2. The van der Waals surface area contributed by atoms with Gasteiger partial charge in [0.05, 0.1) is 11.6 Å². The summed E-state index contributed by atoms with van der Waals surface area (Å²) in [5.41, 5.74) is 0.971. The average Bonchev–Trinajstić information content (AvgIpc) is 3.34. The van der Waals surface area contributed by atoms with E-state index in [4.69, 9.17) is 21.1 Å². The fourth-order valence-corrected chi connectivity index (χ4v) is 5.18. The van der Waals surface area contributed by atoms with Crippen molar-refractivity contribution in [3.05, 3.63) is 47.0 Å². The molecule has 0 aliphatic carbocycles. The molecule has 2 amide bonds. The molecule has 41 heavy (non-hydrogen) atoms. The van der Waals surface area contributed by atoms with Crippen LogP contribution in [-0.4, -0.2) is 60.6 Å². The molecule has 4 rings (SSSR count). The van der Waals surface area contributed by atoms with Crippen molar-refractivity contribution in [3.63, 3.8) is 0 Å². The molecule has 2 aliphatic heterocycles. The van der Waals surface area contributed by atoms with E-state index in [1.165, 1.54) is 11.0 Å². The van der Waals surface area contributed by atoms with E-state index in [2.05, 4.69) is 10.1 Å². The van der Waals surface area contributed by atoms with Crippen LogP contribution in [0.15, 0.2) is 36.4 Å². The Morgan fingerprint density at radius 1 is 1.00 bits per heavy atom. The minimum atomic E-state index is -4.74. The zero-order chi connectivity index (χ0) is 29.9. The Bertz CT molecular complexity index is 1270. The van der Waals surface area contributed by atoms with Gasteiger partial charge in [0.15, 0.2) is 0 Å². The number of nitrogens with zero attached hydrogens (tertiary/aromatic N) is 2. The summed E-state index contributed by atoms with van der Waals surface area (Å²) in [6.45, 7) is 8.55. The Hall–Kier alpha value is -3.34. The Kier molecular flexibility index (Phi) is 9.16. The van der Waals surface area contributed by atoms with Crippen LogP contribution in [0.2, 0.25) is 5.02 Å². The zero-order valence-corrected chi connectivity index (χ0v) is 24.3. The van der Waals surface area contributed by atoms with Crippen molar-refractivity contribution in [1.29, 1.82) is 0 Å². The van der Waals surface area contributed by atoms with Crippen LogP contribution in [0.5, 0.6) is 11.5 Å². The number of piperidine rings is 1. The van der Waals surface area contributed by atoms with Gasteiger partial charge in [-0.1, -0.05) is 11.6 Å². The molecule has 0 spiro atoms. The highest BCUT2D eigenvalue weighted by Gasteiger charge is 2.35. The van der Waals surface area contributed by atoms with Crippen LogP contribution in [0, 0.1) is 6.92 Å². The van der Waals surface area contributed by atoms with Gasteiger partial charge >= 0.3 is 12.5 Å². The number of hydrogen-bond acceptors (Lipinski definition) is 6. The van der Waals surface area contributed by atoms with Crippen LogP contribution >= 0.6 is 11.6 Å². The van der Waals surface area contributed by atoms with Crippen molar-refractivity contribution < 1.29 is 37.0 Å². The molecule has 2 aromatic carbocycles. The Morgan fingerprint density at radius 3 is 2.39 bits per heavy atom. The van der Waals surface area contributed by atoms with Gasteiger partial charge in [0.25, 0.3) is 0 Å². The number of alkyl halides is 3. The maximum atomic E-state index is 13.1. The fraction of sp³-hybridized carbons (Fsp3) is 0.517. The molecule has 8 nitrogen and oxygen atoms in total. The predicted octanol–water partition coefficient (Wildman–Crippen LogP) is 6.93. The molecule has 1 N–H and O–H groups in total. The van der Waals surface area contributed by atoms with Gasteiger partial charge in [-0.3, -0.25) is 9.69 Å². The SMILES string of the molecule is Cc1cc(N2CC[C@H](Oc3ccc(NC(=O)C4CCCCN4C(=O)OC(C)(C)C)cc3Cl)C2)ccc1OC(F)(F)F. The molecule has 0 bridgehead atoms. The van der Waals surface area contributed by atoms with Crippen molar-refractivity contribution >= 4 is 35.0 Å². The highest BCUT2D eigenvalue weighted by molar-refractivity contribution is 6.32. The number of nitrogens with one attached hydrogen (secondary N) is 1. The first-order valence-corrected chi connectivity index (χ1v) is 13.9. The number of rotatable bonds is 6. The van der Waals surface area contributed by atoms with Crippen LogP contribution < -0.4 is 19.7 Å². The maximum absolute atomic E-state index is 13.1.